The number of rotatable bonds is 3. The van der Waals surface area contributed by atoms with Gasteiger partial charge in [0.05, 0.1) is 17.5 Å². The summed E-state index contributed by atoms with van der Waals surface area (Å²) in [5, 5.41) is 12.8. The number of hydrogen-bond donors (Lipinski definition) is 2. The summed E-state index contributed by atoms with van der Waals surface area (Å²) in [5.41, 5.74) is 1.11. The highest BCUT2D eigenvalue weighted by Crippen LogP contribution is 2.33. The van der Waals surface area contributed by atoms with Crippen LogP contribution in [-0.2, 0) is 22.4 Å². The Morgan fingerprint density at radius 2 is 1.81 bits per heavy atom. The SMILES string of the molecule is O=C(O)[C@H]1CCCC[C@@H]1C(=O)Nc1nc2c(s1)CCCC2. The van der Waals surface area contributed by atoms with Crippen LogP contribution in [-0.4, -0.2) is 22.0 Å². The van der Waals surface area contributed by atoms with Crippen LogP contribution in [0.3, 0.4) is 0 Å². The number of carbonyl (C=O) groups is 2. The van der Waals surface area contributed by atoms with Gasteiger partial charge < -0.3 is 10.4 Å². The third-order valence-corrected chi connectivity index (χ3v) is 5.57. The molecule has 0 radical (unpaired) electrons. The average molecular weight is 308 g/mol. The van der Waals surface area contributed by atoms with Crippen LogP contribution >= 0.6 is 11.3 Å². The Kier molecular flexibility index (Phi) is 4.24. The monoisotopic (exact) mass is 308 g/mol. The molecule has 0 bridgehead atoms. The molecule has 2 atom stereocenters. The molecule has 0 aromatic carbocycles. The van der Waals surface area contributed by atoms with E-state index >= 15 is 0 Å². The number of thiazole rings is 1. The van der Waals surface area contributed by atoms with Gasteiger partial charge >= 0.3 is 5.97 Å². The van der Waals surface area contributed by atoms with Gasteiger partial charge in [0, 0.05) is 4.88 Å². The zero-order valence-electron chi connectivity index (χ0n) is 11.9. The van der Waals surface area contributed by atoms with Crippen LogP contribution in [0.4, 0.5) is 5.13 Å². The molecule has 3 rings (SSSR count). The molecule has 2 aliphatic carbocycles. The van der Waals surface area contributed by atoms with Crippen LogP contribution in [0.1, 0.15) is 49.1 Å². The molecule has 1 heterocycles. The van der Waals surface area contributed by atoms with E-state index in [1.807, 2.05) is 0 Å². The Bertz CT molecular complexity index is 532. The number of nitrogens with zero attached hydrogens (tertiary/aromatic N) is 1. The molecule has 1 fully saturated rings. The number of aliphatic carboxylic acids is 1. The smallest absolute Gasteiger partial charge is 0.307 e. The van der Waals surface area contributed by atoms with Crippen molar-refractivity contribution in [3.05, 3.63) is 10.6 Å². The molecule has 21 heavy (non-hydrogen) atoms. The second-order valence-corrected chi connectivity index (χ2v) is 7.00. The van der Waals surface area contributed by atoms with E-state index in [9.17, 15) is 14.7 Å². The molecule has 6 heteroatoms. The van der Waals surface area contributed by atoms with E-state index in [1.54, 1.807) is 11.3 Å². The van der Waals surface area contributed by atoms with Crippen molar-refractivity contribution in [1.82, 2.24) is 4.98 Å². The summed E-state index contributed by atoms with van der Waals surface area (Å²) in [6.07, 6.45) is 7.46. The fourth-order valence-corrected chi connectivity index (χ4v) is 4.40. The lowest BCUT2D eigenvalue weighted by molar-refractivity contribution is -0.147. The predicted molar refractivity (Wildman–Crippen MR) is 80.5 cm³/mol. The van der Waals surface area contributed by atoms with Gasteiger partial charge in [-0.25, -0.2) is 4.98 Å². The number of carbonyl (C=O) groups excluding carboxylic acids is 1. The zero-order valence-corrected chi connectivity index (χ0v) is 12.7. The first-order valence-electron chi connectivity index (χ1n) is 7.67. The number of anilines is 1. The Labute approximate surface area is 127 Å². The molecular formula is C15H20N2O3S. The summed E-state index contributed by atoms with van der Waals surface area (Å²) in [6, 6.07) is 0. The number of aryl methyl sites for hydroxylation is 2. The summed E-state index contributed by atoms with van der Waals surface area (Å²) in [7, 11) is 0. The van der Waals surface area contributed by atoms with Crippen LogP contribution < -0.4 is 5.32 Å². The van der Waals surface area contributed by atoms with Crippen molar-refractivity contribution in [2.45, 2.75) is 51.4 Å². The topological polar surface area (TPSA) is 79.3 Å². The number of amides is 1. The molecule has 1 aromatic rings. The highest BCUT2D eigenvalue weighted by molar-refractivity contribution is 7.15. The van der Waals surface area contributed by atoms with E-state index in [1.165, 1.54) is 11.3 Å². The van der Waals surface area contributed by atoms with E-state index in [4.69, 9.17) is 0 Å². The minimum absolute atomic E-state index is 0.173. The van der Waals surface area contributed by atoms with Crippen molar-refractivity contribution in [3.8, 4) is 0 Å². The molecular weight excluding hydrogens is 288 g/mol. The van der Waals surface area contributed by atoms with Crippen molar-refractivity contribution in [2.75, 3.05) is 5.32 Å². The lowest BCUT2D eigenvalue weighted by Crippen LogP contribution is -2.36. The summed E-state index contributed by atoms with van der Waals surface area (Å²) in [4.78, 5) is 29.4. The van der Waals surface area contributed by atoms with Crippen LogP contribution in [0.15, 0.2) is 0 Å². The first kappa shape index (κ1) is 14.5. The maximum absolute atomic E-state index is 12.4. The number of hydrogen-bond acceptors (Lipinski definition) is 4. The van der Waals surface area contributed by atoms with Gasteiger partial charge in [0.2, 0.25) is 5.91 Å². The molecule has 0 unspecified atom stereocenters. The maximum atomic E-state index is 12.4. The summed E-state index contributed by atoms with van der Waals surface area (Å²) >= 11 is 1.55. The maximum Gasteiger partial charge on any atom is 0.307 e. The van der Waals surface area contributed by atoms with E-state index < -0.39 is 17.8 Å². The molecule has 2 N–H and O–H groups in total. The molecule has 0 spiro atoms. The van der Waals surface area contributed by atoms with Gasteiger partial charge in [0.1, 0.15) is 0 Å². The van der Waals surface area contributed by atoms with Crippen molar-refractivity contribution < 1.29 is 14.7 Å². The summed E-state index contributed by atoms with van der Waals surface area (Å²) in [6.45, 7) is 0. The minimum Gasteiger partial charge on any atom is -0.481 e. The summed E-state index contributed by atoms with van der Waals surface area (Å²) in [5.74, 6) is -1.99. The second kappa shape index (κ2) is 6.13. The van der Waals surface area contributed by atoms with Gasteiger partial charge in [-0.05, 0) is 38.5 Å². The third-order valence-electron chi connectivity index (χ3n) is 4.50. The van der Waals surface area contributed by atoms with Crippen LogP contribution in [0, 0.1) is 11.8 Å². The highest BCUT2D eigenvalue weighted by atomic mass is 32.1. The van der Waals surface area contributed by atoms with Crippen LogP contribution in [0.5, 0.6) is 0 Å². The van der Waals surface area contributed by atoms with Crippen molar-refractivity contribution in [3.63, 3.8) is 0 Å². The van der Waals surface area contributed by atoms with E-state index in [-0.39, 0.29) is 5.91 Å². The second-order valence-electron chi connectivity index (χ2n) is 5.92. The molecule has 5 nitrogen and oxygen atoms in total. The number of carboxylic acid groups (broad SMARTS) is 1. The minimum atomic E-state index is -0.853. The van der Waals surface area contributed by atoms with E-state index in [2.05, 4.69) is 10.3 Å². The normalized spacial score (nSPS) is 25.1. The molecule has 2 aliphatic rings. The van der Waals surface area contributed by atoms with Crippen molar-refractivity contribution in [2.24, 2.45) is 11.8 Å². The van der Waals surface area contributed by atoms with E-state index in [0.29, 0.717) is 18.0 Å². The van der Waals surface area contributed by atoms with Gasteiger partial charge in [0.25, 0.3) is 0 Å². The van der Waals surface area contributed by atoms with Crippen LogP contribution in [0.2, 0.25) is 0 Å². The third kappa shape index (κ3) is 3.10. The highest BCUT2D eigenvalue weighted by Gasteiger charge is 2.36. The number of carboxylic acids is 1. The van der Waals surface area contributed by atoms with Gasteiger partial charge in [-0.3, -0.25) is 9.59 Å². The standard InChI is InChI=1S/C15H20N2O3S/c18-13(9-5-1-2-6-10(9)14(19)20)17-15-16-11-7-3-4-8-12(11)21-15/h9-10H,1-8H2,(H,19,20)(H,16,17,18)/t9-,10-/m0/s1. The fourth-order valence-electron chi connectivity index (χ4n) is 3.34. The molecule has 1 aromatic heterocycles. The van der Waals surface area contributed by atoms with E-state index in [0.717, 1.165) is 37.8 Å². The Morgan fingerprint density at radius 3 is 2.52 bits per heavy atom. The van der Waals surface area contributed by atoms with Gasteiger partial charge in [-0.1, -0.05) is 12.8 Å². The molecule has 114 valence electrons. The average Bonchev–Trinajstić information content (AvgIpc) is 2.89. The van der Waals surface area contributed by atoms with Gasteiger partial charge in [0.15, 0.2) is 5.13 Å². The molecule has 1 amide bonds. The Balaban J connectivity index is 1.70. The van der Waals surface area contributed by atoms with Gasteiger partial charge in [-0.15, -0.1) is 11.3 Å². The number of aromatic nitrogens is 1. The zero-order chi connectivity index (χ0) is 14.8. The Morgan fingerprint density at radius 1 is 1.10 bits per heavy atom. The summed E-state index contributed by atoms with van der Waals surface area (Å²) < 4.78 is 0. The molecule has 1 saturated carbocycles. The lowest BCUT2D eigenvalue weighted by atomic mass is 9.79. The number of nitrogens with one attached hydrogen (secondary N) is 1. The molecule has 0 saturated heterocycles. The first-order valence-corrected chi connectivity index (χ1v) is 8.49. The van der Waals surface area contributed by atoms with Crippen molar-refractivity contribution >= 4 is 28.3 Å². The molecule has 0 aliphatic heterocycles. The lowest BCUT2D eigenvalue weighted by Gasteiger charge is -2.26. The Hall–Kier alpha value is -1.43. The van der Waals surface area contributed by atoms with Crippen molar-refractivity contribution in [1.29, 1.82) is 0 Å². The fraction of sp³-hybridized carbons (Fsp3) is 0.667. The predicted octanol–water partition coefficient (Wildman–Crippen LogP) is 2.85. The van der Waals surface area contributed by atoms with Gasteiger partial charge in [-0.2, -0.15) is 0 Å². The quantitative estimate of drug-likeness (QED) is 0.900. The van der Waals surface area contributed by atoms with Crippen LogP contribution in [0.25, 0.3) is 0 Å². The largest absolute Gasteiger partial charge is 0.481 e. The first-order chi connectivity index (χ1) is 10.1. The number of fused-ring (bicyclic) bond motifs is 1.